The summed E-state index contributed by atoms with van der Waals surface area (Å²) in [6.07, 6.45) is 4.40. The number of halogens is 1. The maximum atomic E-state index is 13.7. The molecule has 6 rings (SSSR count). The highest BCUT2D eigenvalue weighted by Gasteiger charge is 2.47. The average molecular weight is 1550 g/mol. The van der Waals surface area contributed by atoms with Crippen molar-refractivity contribution in [2.24, 2.45) is 5.73 Å². The van der Waals surface area contributed by atoms with Crippen LogP contribution in [0.5, 0.6) is 0 Å². The van der Waals surface area contributed by atoms with E-state index in [2.05, 4.69) is 28.2 Å². The number of anilines is 1. The van der Waals surface area contributed by atoms with Gasteiger partial charge in [-0.05, 0) is 90.1 Å². The number of amides is 9. The fourth-order valence-electron chi connectivity index (χ4n) is 7.84. The number of rotatable bonds is 29. The van der Waals surface area contributed by atoms with Gasteiger partial charge >= 0.3 is 6.09 Å². The SMILES string of the molecule is C.C.CC(C)(C)OC(=O)NCCCOCCOCCOCCCN.CCCCOCCOCCOCCCNc1cccc2c1C(=O)N(C1CCC(=O)NC1=O)C2=O.O=C1CCC(N2C(=O)c3cccc(F)c3C2=O)C(=O)N1.S=S=S=S=S=S=S=S=S=S=S=S=S=S. The smallest absolute Gasteiger partial charge is 0.407 e. The lowest BCUT2D eigenvalue weighted by Crippen LogP contribution is -2.54. The van der Waals surface area contributed by atoms with E-state index in [9.17, 15) is 47.5 Å². The maximum Gasteiger partial charge on any atom is 0.407 e. The van der Waals surface area contributed by atoms with Gasteiger partial charge in [-0.1, -0.05) is 40.3 Å². The van der Waals surface area contributed by atoms with E-state index in [1.165, 1.54) is 29.9 Å². The van der Waals surface area contributed by atoms with Crippen LogP contribution in [0, 0.1) is 5.82 Å². The minimum atomic E-state index is -1.07. The third-order valence-corrected chi connectivity index (χ3v) is 36.2. The summed E-state index contributed by atoms with van der Waals surface area (Å²) < 4.78 is 51.2. The van der Waals surface area contributed by atoms with E-state index in [1.807, 2.05) is 20.8 Å². The minimum absolute atomic E-state index is 0. The van der Waals surface area contributed by atoms with Gasteiger partial charge in [0, 0.05) is 187 Å². The van der Waals surface area contributed by atoms with Crippen molar-refractivity contribution in [3.05, 3.63) is 64.5 Å². The van der Waals surface area contributed by atoms with Crippen LogP contribution in [0.15, 0.2) is 36.4 Å². The van der Waals surface area contributed by atoms with Gasteiger partial charge in [0.05, 0.1) is 75.1 Å². The zero-order valence-electron chi connectivity index (χ0n) is 49.7. The Morgan fingerprint density at radius 1 is 0.565 bits per heavy atom. The molecule has 4 aliphatic heterocycles. The van der Waals surface area contributed by atoms with Crippen LogP contribution in [0.25, 0.3) is 0 Å². The summed E-state index contributed by atoms with van der Waals surface area (Å²) in [4.78, 5) is 110. The van der Waals surface area contributed by atoms with E-state index in [4.69, 9.17) is 61.3 Å². The summed E-state index contributed by atoms with van der Waals surface area (Å²) >= 11 is 9.43. The number of alkyl carbamates (subject to hydrolysis) is 1. The topological polar surface area (TPSA) is 299 Å². The Hall–Kier alpha value is -3.20. The largest absolute Gasteiger partial charge is 0.444 e. The molecule has 92 heavy (non-hydrogen) atoms. The molecule has 0 saturated carbocycles. The van der Waals surface area contributed by atoms with Gasteiger partial charge in [-0.3, -0.25) is 58.8 Å². The monoisotopic (exact) mass is 1550 g/mol. The van der Waals surface area contributed by atoms with Crippen LogP contribution in [0.3, 0.4) is 0 Å². The number of benzene rings is 2. The number of piperidine rings is 2. The Balaban J connectivity index is 0.000000641. The van der Waals surface area contributed by atoms with E-state index < -0.39 is 76.9 Å². The molecule has 2 aromatic rings. The summed E-state index contributed by atoms with van der Waals surface area (Å²) in [7, 11) is 19.9. The highest BCUT2D eigenvalue weighted by atomic mass is 33.5. The summed E-state index contributed by atoms with van der Waals surface area (Å²) in [5.41, 5.74) is 5.56. The van der Waals surface area contributed by atoms with Gasteiger partial charge in [0.1, 0.15) is 23.5 Å². The Morgan fingerprint density at radius 3 is 1.37 bits per heavy atom. The lowest BCUT2D eigenvalue weighted by molar-refractivity contribution is -0.137. The van der Waals surface area contributed by atoms with Gasteiger partial charge in [-0.15, -0.1) is 0 Å². The van der Waals surface area contributed by atoms with Crippen molar-refractivity contribution in [1.82, 2.24) is 25.8 Å². The number of hydrogen-bond acceptors (Lipinski definition) is 20. The van der Waals surface area contributed by atoms with Crippen LogP contribution < -0.4 is 27.0 Å². The first-order valence-corrected chi connectivity index (χ1v) is 45.2. The predicted octanol–water partition coefficient (Wildman–Crippen LogP) is 4.51. The quantitative estimate of drug-likeness (QED) is 0.0553. The molecule has 4 aliphatic rings. The first kappa shape index (κ1) is 86.8. The van der Waals surface area contributed by atoms with Crippen LogP contribution in [-0.2, 0) is 181 Å². The minimum Gasteiger partial charge on any atom is -0.444 e. The van der Waals surface area contributed by atoms with E-state index in [0.29, 0.717) is 104 Å². The van der Waals surface area contributed by atoms with E-state index in [1.54, 1.807) is 107 Å². The molecule has 2 atom stereocenters. The number of ether oxygens (including phenoxy) is 7. The Bertz CT molecular complexity index is 3290. The van der Waals surface area contributed by atoms with Crippen molar-refractivity contribution < 1.29 is 80.7 Å². The molecule has 2 unspecified atom stereocenters. The van der Waals surface area contributed by atoms with Gasteiger partial charge in [-0.2, -0.15) is 0 Å². The number of nitrogens with one attached hydrogen (secondary N) is 4. The molecule has 0 bridgehead atoms. The van der Waals surface area contributed by atoms with Crippen LogP contribution in [0.1, 0.15) is 142 Å². The summed E-state index contributed by atoms with van der Waals surface area (Å²) in [5.74, 6) is -5.56. The molecule has 4 heterocycles. The van der Waals surface area contributed by atoms with Gasteiger partial charge in [0.15, 0.2) is 0 Å². The van der Waals surface area contributed by atoms with Crippen molar-refractivity contribution in [3.8, 4) is 0 Å². The van der Waals surface area contributed by atoms with E-state index in [-0.39, 0.29) is 62.8 Å². The summed E-state index contributed by atoms with van der Waals surface area (Å²) in [5, 5.41) is 10.1. The zero-order valence-corrected chi connectivity index (χ0v) is 61.1. The molecule has 0 aromatic heterocycles. The number of imide groups is 4. The molecule has 38 heteroatoms. The second-order valence-electron chi connectivity index (χ2n) is 19.3. The number of carbonyl (C=O) groups is 9. The van der Waals surface area contributed by atoms with Gasteiger partial charge in [0.2, 0.25) is 23.6 Å². The molecule has 0 aliphatic carbocycles. The summed E-state index contributed by atoms with van der Waals surface area (Å²) in [6.45, 7) is 16.3. The van der Waals surface area contributed by atoms with Crippen LogP contribution in [0.2, 0.25) is 0 Å². The van der Waals surface area contributed by atoms with Crippen molar-refractivity contribution >= 4 is 188 Å². The third-order valence-electron chi connectivity index (χ3n) is 11.7. The average Bonchev–Trinajstić information content (AvgIpc) is 1.64. The molecular weight excluding hydrogens is 1470 g/mol. The lowest BCUT2D eigenvalue weighted by Gasteiger charge is -2.27. The van der Waals surface area contributed by atoms with Gasteiger partial charge < -0.3 is 49.5 Å². The highest BCUT2D eigenvalue weighted by molar-refractivity contribution is 8.76. The molecule has 2 saturated heterocycles. The van der Waals surface area contributed by atoms with Crippen molar-refractivity contribution in [3.63, 3.8) is 0 Å². The molecule has 0 radical (unpaired) electrons. The highest BCUT2D eigenvalue weighted by Crippen LogP contribution is 2.33. The van der Waals surface area contributed by atoms with Gasteiger partial charge in [-0.25, -0.2) is 9.18 Å². The van der Waals surface area contributed by atoms with E-state index >= 15 is 0 Å². The zero-order chi connectivity index (χ0) is 65.9. The Kier molecular flexibility index (Phi) is 49.1. The second-order valence-corrected chi connectivity index (χ2v) is 40.6. The number of nitrogens with zero attached hydrogens (tertiary/aromatic N) is 2. The van der Waals surface area contributed by atoms with Crippen molar-refractivity contribution in [2.75, 3.05) is 104 Å². The standard InChI is InChI=1S/C24H33N3O7.C15H32N2O5.C13H9FN2O4.2CH4.S14/c1-2-3-11-32-13-15-34-16-14-33-12-5-10-25-18-7-4-6-17-21(18)24(31)27(23(17)30)19-8-9-20(28)26-22(19)29;1-15(2,3)22-14(18)17-7-5-9-20-11-13-21-12-10-19-8-4-6-16;14-7-3-1-2-6-10(7)13(20)16(12(6)19)8-4-5-9(17)15-11(8)18;;;1-3-5-7-9-11-13-14-12-10-8-6-4-2/h4,6-7,19,25H,2-3,5,8-16H2,1H3,(H,26,28,29);4-13,16H2,1-3H3,(H,17,18);1-3,8H,4-5H2,(H,15,17,18);2*1H4;. The molecule has 6 N–H and O–H groups in total. The number of hydrogen-bond donors (Lipinski definition) is 5. The number of carbonyl (C=O) groups excluding carboxylic acids is 9. The molecule has 23 nitrogen and oxygen atoms in total. The van der Waals surface area contributed by atoms with Gasteiger partial charge in [0.25, 0.3) is 23.6 Å². The second kappa shape index (κ2) is 52.0. The number of fused-ring (bicyclic) bond motifs is 2. The predicted molar refractivity (Wildman–Crippen MR) is 388 cm³/mol. The third kappa shape index (κ3) is 34.1. The molecule has 520 valence electrons. The lowest BCUT2D eigenvalue weighted by atomic mass is 10.0. The molecule has 2 aromatic carbocycles. The van der Waals surface area contributed by atoms with Crippen LogP contribution in [-0.4, -0.2) is 180 Å². The fourth-order valence-corrected chi connectivity index (χ4v) is 35.3. The maximum absolute atomic E-state index is 13.7. The summed E-state index contributed by atoms with van der Waals surface area (Å²) in [6, 6.07) is 6.70. The first-order chi connectivity index (χ1) is 43.4. The molecule has 0 spiro atoms. The van der Waals surface area contributed by atoms with Crippen molar-refractivity contribution in [2.45, 2.75) is 118 Å². The first-order valence-electron chi connectivity index (χ1n) is 27.9. The Labute approximate surface area is 581 Å². The van der Waals surface area contributed by atoms with Crippen LogP contribution in [0.4, 0.5) is 14.9 Å². The van der Waals surface area contributed by atoms with Crippen molar-refractivity contribution in [1.29, 1.82) is 0 Å². The molecule has 9 amide bonds. The molecule has 2 fully saturated rings. The fraction of sp³-hybridized carbons (Fsp3) is 0.611. The Morgan fingerprint density at radius 2 is 0.957 bits per heavy atom. The van der Waals surface area contributed by atoms with E-state index in [0.717, 1.165) is 48.2 Å². The number of nitrogens with two attached hydrogens (primary N) is 1. The van der Waals surface area contributed by atoms with Crippen LogP contribution >= 0.6 is 0 Å². The normalized spacial score (nSPS) is 15.2. The number of unbranched alkanes of at least 4 members (excludes halogenated alkanes) is 1. The molecular formula is C54H82FN7O16S14.